The molecule has 0 radical (unpaired) electrons. The third-order valence-electron chi connectivity index (χ3n) is 2.30. The van der Waals surface area contributed by atoms with Crippen molar-refractivity contribution in [3.63, 3.8) is 0 Å². The van der Waals surface area contributed by atoms with Crippen molar-refractivity contribution in [1.82, 2.24) is 5.32 Å². The fourth-order valence-corrected chi connectivity index (χ4v) is 1.55. The van der Waals surface area contributed by atoms with Gasteiger partial charge in [-0.2, -0.15) is 0 Å². The minimum Gasteiger partial charge on any atom is -0.484 e. The molecule has 0 aliphatic rings. The predicted molar refractivity (Wildman–Crippen MR) is 74.4 cm³/mol. The Bertz CT molecular complexity index is 408. The van der Waals surface area contributed by atoms with Crippen LogP contribution in [0.15, 0.2) is 18.2 Å². The second kappa shape index (κ2) is 7.49. The number of carbonyl (C=O) groups excluding carboxylic acids is 1. The lowest BCUT2D eigenvalue weighted by molar-refractivity contribution is -0.123. The number of carbonyl (C=O) groups is 1. The highest BCUT2D eigenvalue weighted by Gasteiger charge is 2.04. The van der Waals surface area contributed by atoms with E-state index >= 15 is 0 Å². The molecule has 0 aliphatic carbocycles. The average Bonchev–Trinajstić information content (AvgIpc) is 2.30. The Morgan fingerprint density at radius 3 is 2.67 bits per heavy atom. The molecule has 0 spiro atoms. The molecule has 1 aromatic carbocycles. The topological polar surface area (TPSA) is 38.3 Å². The normalized spacial score (nSPS) is 10.5. The van der Waals surface area contributed by atoms with Crippen LogP contribution in [-0.4, -0.2) is 19.1 Å². The van der Waals surface area contributed by atoms with Crippen LogP contribution in [0.1, 0.15) is 20.3 Å². The predicted octanol–water partition coefficient (Wildman–Crippen LogP) is 3.53. The maximum atomic E-state index is 11.5. The zero-order chi connectivity index (χ0) is 13.5. The number of hydrogen-bond acceptors (Lipinski definition) is 2. The molecule has 18 heavy (non-hydrogen) atoms. The van der Waals surface area contributed by atoms with Gasteiger partial charge < -0.3 is 10.1 Å². The number of halogens is 2. The largest absolute Gasteiger partial charge is 0.484 e. The summed E-state index contributed by atoms with van der Waals surface area (Å²) in [5.74, 6) is 0.964. The third kappa shape index (κ3) is 5.61. The van der Waals surface area contributed by atoms with E-state index in [1.54, 1.807) is 18.2 Å². The van der Waals surface area contributed by atoms with Crippen molar-refractivity contribution in [2.24, 2.45) is 5.92 Å². The molecule has 100 valence electrons. The molecule has 1 N–H and O–H groups in total. The van der Waals surface area contributed by atoms with Crippen LogP contribution >= 0.6 is 23.2 Å². The molecule has 3 nitrogen and oxygen atoms in total. The van der Waals surface area contributed by atoms with Gasteiger partial charge in [0.1, 0.15) is 5.75 Å². The zero-order valence-corrected chi connectivity index (χ0v) is 12.0. The standard InChI is InChI=1S/C13H17Cl2NO2/c1-9(2)5-6-16-13(17)8-18-10-3-4-11(14)12(15)7-10/h3-4,7,9H,5-6,8H2,1-2H3,(H,16,17). The lowest BCUT2D eigenvalue weighted by Crippen LogP contribution is -2.30. The fraction of sp³-hybridized carbons (Fsp3) is 0.462. The van der Waals surface area contributed by atoms with Gasteiger partial charge in [-0.25, -0.2) is 0 Å². The highest BCUT2D eigenvalue weighted by atomic mass is 35.5. The van der Waals surface area contributed by atoms with Gasteiger partial charge in [-0.3, -0.25) is 4.79 Å². The van der Waals surface area contributed by atoms with E-state index in [1.807, 2.05) is 0 Å². The first-order valence-corrected chi connectivity index (χ1v) is 6.59. The van der Waals surface area contributed by atoms with E-state index in [9.17, 15) is 4.79 Å². The smallest absolute Gasteiger partial charge is 0.257 e. The van der Waals surface area contributed by atoms with E-state index in [0.717, 1.165) is 6.42 Å². The molecule has 0 aromatic heterocycles. The number of hydrogen-bond donors (Lipinski definition) is 1. The molecule has 0 atom stereocenters. The summed E-state index contributed by atoms with van der Waals surface area (Å²) in [5, 5.41) is 3.66. The van der Waals surface area contributed by atoms with Gasteiger partial charge in [0, 0.05) is 12.6 Å². The summed E-state index contributed by atoms with van der Waals surface area (Å²) in [6, 6.07) is 4.90. The van der Waals surface area contributed by atoms with Crippen molar-refractivity contribution < 1.29 is 9.53 Å². The average molecular weight is 290 g/mol. The van der Waals surface area contributed by atoms with Gasteiger partial charge in [0.15, 0.2) is 6.61 Å². The van der Waals surface area contributed by atoms with Crippen molar-refractivity contribution in [2.75, 3.05) is 13.2 Å². The molecular formula is C13H17Cl2NO2. The first-order valence-electron chi connectivity index (χ1n) is 5.83. The van der Waals surface area contributed by atoms with E-state index in [4.69, 9.17) is 27.9 Å². The Balaban J connectivity index is 2.31. The number of benzene rings is 1. The maximum Gasteiger partial charge on any atom is 0.257 e. The molecule has 0 aliphatic heterocycles. The molecule has 1 aromatic rings. The van der Waals surface area contributed by atoms with Gasteiger partial charge in [0.2, 0.25) is 0 Å². The van der Waals surface area contributed by atoms with Crippen LogP contribution < -0.4 is 10.1 Å². The van der Waals surface area contributed by atoms with Crippen molar-refractivity contribution in [2.45, 2.75) is 20.3 Å². The van der Waals surface area contributed by atoms with Crippen LogP contribution in [0.25, 0.3) is 0 Å². The SMILES string of the molecule is CC(C)CCNC(=O)COc1ccc(Cl)c(Cl)c1. The summed E-state index contributed by atoms with van der Waals surface area (Å²) in [4.78, 5) is 11.5. The molecule has 1 amide bonds. The van der Waals surface area contributed by atoms with Gasteiger partial charge in [-0.05, 0) is 24.5 Å². The summed E-state index contributed by atoms with van der Waals surface area (Å²) in [5.41, 5.74) is 0. The molecule has 1 rings (SSSR count). The van der Waals surface area contributed by atoms with Gasteiger partial charge in [-0.1, -0.05) is 37.0 Å². The van der Waals surface area contributed by atoms with Crippen LogP contribution in [0, 0.1) is 5.92 Å². The van der Waals surface area contributed by atoms with Gasteiger partial charge >= 0.3 is 0 Å². The second-order valence-electron chi connectivity index (χ2n) is 4.40. The molecule has 0 saturated carbocycles. The van der Waals surface area contributed by atoms with Gasteiger partial charge in [0.25, 0.3) is 5.91 Å². The minimum atomic E-state index is -0.137. The molecule has 0 unspecified atom stereocenters. The number of ether oxygens (including phenoxy) is 1. The summed E-state index contributed by atoms with van der Waals surface area (Å²) in [6.07, 6.45) is 0.957. The van der Waals surface area contributed by atoms with Crippen molar-refractivity contribution in [3.05, 3.63) is 28.2 Å². The zero-order valence-electron chi connectivity index (χ0n) is 10.5. The van der Waals surface area contributed by atoms with Crippen molar-refractivity contribution in [1.29, 1.82) is 0 Å². The van der Waals surface area contributed by atoms with Crippen LogP contribution in [-0.2, 0) is 4.79 Å². The highest BCUT2D eigenvalue weighted by molar-refractivity contribution is 6.42. The van der Waals surface area contributed by atoms with E-state index < -0.39 is 0 Å². The Kier molecular flexibility index (Phi) is 6.30. The number of amides is 1. The van der Waals surface area contributed by atoms with Gasteiger partial charge in [-0.15, -0.1) is 0 Å². The quantitative estimate of drug-likeness (QED) is 0.870. The molecular weight excluding hydrogens is 273 g/mol. The molecule has 0 bridgehead atoms. The highest BCUT2D eigenvalue weighted by Crippen LogP contribution is 2.26. The Hall–Kier alpha value is -0.930. The summed E-state index contributed by atoms with van der Waals surface area (Å²) >= 11 is 11.6. The lowest BCUT2D eigenvalue weighted by atomic mass is 10.1. The fourth-order valence-electron chi connectivity index (χ4n) is 1.27. The van der Waals surface area contributed by atoms with E-state index in [-0.39, 0.29) is 12.5 Å². The van der Waals surface area contributed by atoms with E-state index in [1.165, 1.54) is 0 Å². The molecule has 0 fully saturated rings. The van der Waals surface area contributed by atoms with E-state index in [2.05, 4.69) is 19.2 Å². The van der Waals surface area contributed by atoms with Crippen LogP contribution in [0.5, 0.6) is 5.75 Å². The maximum absolute atomic E-state index is 11.5. The summed E-state index contributed by atoms with van der Waals surface area (Å²) in [6.45, 7) is 4.87. The first kappa shape index (κ1) is 15.1. The van der Waals surface area contributed by atoms with E-state index in [0.29, 0.717) is 28.3 Å². The lowest BCUT2D eigenvalue weighted by Gasteiger charge is -2.09. The Morgan fingerprint density at radius 2 is 2.06 bits per heavy atom. The first-order chi connectivity index (χ1) is 8.49. The van der Waals surface area contributed by atoms with Gasteiger partial charge in [0.05, 0.1) is 10.0 Å². The second-order valence-corrected chi connectivity index (χ2v) is 5.21. The van der Waals surface area contributed by atoms with Crippen LogP contribution in [0.2, 0.25) is 10.0 Å². The molecule has 5 heteroatoms. The molecule has 0 heterocycles. The molecule has 0 saturated heterocycles. The number of rotatable bonds is 6. The van der Waals surface area contributed by atoms with Crippen LogP contribution in [0.3, 0.4) is 0 Å². The minimum absolute atomic E-state index is 0.0178. The Morgan fingerprint density at radius 1 is 1.33 bits per heavy atom. The van der Waals surface area contributed by atoms with Crippen molar-refractivity contribution in [3.8, 4) is 5.75 Å². The van der Waals surface area contributed by atoms with Crippen LogP contribution in [0.4, 0.5) is 0 Å². The number of nitrogens with one attached hydrogen (secondary N) is 1. The summed E-state index contributed by atoms with van der Waals surface area (Å²) < 4.78 is 5.31. The Labute approximate surface area is 117 Å². The summed E-state index contributed by atoms with van der Waals surface area (Å²) in [7, 11) is 0. The monoisotopic (exact) mass is 289 g/mol. The third-order valence-corrected chi connectivity index (χ3v) is 3.04. The van der Waals surface area contributed by atoms with Crippen molar-refractivity contribution >= 4 is 29.1 Å².